The van der Waals surface area contributed by atoms with E-state index in [0.717, 1.165) is 29.1 Å². The number of nitrogens with one attached hydrogen (secondary N) is 1. The SMILES string of the molecule is CC1(C2CCCC(C3=CCC[C@@H]4CNCC34)C2)CCC1. The fourth-order valence-corrected chi connectivity index (χ4v) is 5.78. The highest BCUT2D eigenvalue weighted by molar-refractivity contribution is 5.19. The topological polar surface area (TPSA) is 12.0 Å². The molecule has 0 aromatic heterocycles. The summed E-state index contributed by atoms with van der Waals surface area (Å²) in [5, 5.41) is 3.66. The zero-order valence-corrected chi connectivity index (χ0v) is 13.2. The summed E-state index contributed by atoms with van der Waals surface area (Å²) in [6.07, 6.45) is 16.0. The average Bonchev–Trinajstić information content (AvgIpc) is 2.93. The van der Waals surface area contributed by atoms with Crippen LogP contribution in [0.4, 0.5) is 0 Å². The van der Waals surface area contributed by atoms with Crippen LogP contribution in [0, 0.1) is 29.1 Å². The van der Waals surface area contributed by atoms with E-state index < -0.39 is 0 Å². The van der Waals surface area contributed by atoms with Crippen LogP contribution in [0.1, 0.15) is 64.7 Å². The lowest BCUT2D eigenvalue weighted by molar-refractivity contribution is 0.0337. The molecule has 1 nitrogen and oxygen atoms in total. The van der Waals surface area contributed by atoms with E-state index in [1.807, 2.05) is 5.57 Å². The summed E-state index contributed by atoms with van der Waals surface area (Å²) in [7, 11) is 0. The van der Waals surface area contributed by atoms with Crippen molar-refractivity contribution in [1.82, 2.24) is 5.32 Å². The highest BCUT2D eigenvalue weighted by Crippen LogP contribution is 2.54. The third-order valence-electron chi connectivity index (χ3n) is 7.31. The molecule has 4 aliphatic rings. The van der Waals surface area contributed by atoms with Gasteiger partial charge >= 0.3 is 0 Å². The largest absolute Gasteiger partial charge is 0.316 e. The van der Waals surface area contributed by atoms with Crippen molar-refractivity contribution >= 4 is 0 Å². The zero-order valence-electron chi connectivity index (χ0n) is 13.2. The first-order valence-corrected chi connectivity index (χ1v) is 9.17. The van der Waals surface area contributed by atoms with Gasteiger partial charge in [0.1, 0.15) is 0 Å². The van der Waals surface area contributed by atoms with Gasteiger partial charge in [-0.2, -0.15) is 0 Å². The van der Waals surface area contributed by atoms with Crippen LogP contribution < -0.4 is 5.32 Å². The molecule has 0 bridgehead atoms. The van der Waals surface area contributed by atoms with Gasteiger partial charge < -0.3 is 5.32 Å². The molecule has 4 atom stereocenters. The van der Waals surface area contributed by atoms with Crippen molar-refractivity contribution in [3.05, 3.63) is 11.6 Å². The highest BCUT2D eigenvalue weighted by Gasteiger charge is 2.43. The Kier molecular flexibility index (Phi) is 3.45. The van der Waals surface area contributed by atoms with Crippen LogP contribution >= 0.6 is 0 Å². The summed E-state index contributed by atoms with van der Waals surface area (Å²) >= 11 is 0. The van der Waals surface area contributed by atoms with Crippen molar-refractivity contribution in [2.24, 2.45) is 29.1 Å². The van der Waals surface area contributed by atoms with Crippen LogP contribution in [-0.2, 0) is 0 Å². The van der Waals surface area contributed by atoms with E-state index in [2.05, 4.69) is 18.3 Å². The molecule has 1 heterocycles. The van der Waals surface area contributed by atoms with Gasteiger partial charge in [0.25, 0.3) is 0 Å². The molecular weight excluding hydrogens is 242 g/mol. The van der Waals surface area contributed by atoms with Crippen LogP contribution in [0.25, 0.3) is 0 Å². The number of fused-ring (bicyclic) bond motifs is 1. The summed E-state index contributed by atoms with van der Waals surface area (Å²) in [4.78, 5) is 0. The lowest BCUT2D eigenvalue weighted by Crippen LogP contribution is -2.38. The van der Waals surface area contributed by atoms with Crippen molar-refractivity contribution < 1.29 is 0 Å². The van der Waals surface area contributed by atoms with Crippen molar-refractivity contribution in [3.63, 3.8) is 0 Å². The second-order valence-electron chi connectivity index (χ2n) is 8.37. The molecular formula is C19H31N. The van der Waals surface area contributed by atoms with Crippen molar-refractivity contribution in [2.45, 2.75) is 64.7 Å². The Morgan fingerprint density at radius 1 is 1.10 bits per heavy atom. The minimum atomic E-state index is 0.723. The maximum absolute atomic E-state index is 3.66. The van der Waals surface area contributed by atoms with Crippen molar-refractivity contribution in [1.29, 1.82) is 0 Å². The first-order chi connectivity index (χ1) is 9.76. The lowest BCUT2D eigenvalue weighted by Gasteiger charge is -2.49. The molecule has 3 fully saturated rings. The van der Waals surface area contributed by atoms with E-state index in [0.29, 0.717) is 0 Å². The Bertz CT molecular complexity index is 393. The second-order valence-corrected chi connectivity index (χ2v) is 8.37. The van der Waals surface area contributed by atoms with Gasteiger partial charge in [-0.1, -0.05) is 31.4 Å². The van der Waals surface area contributed by atoms with Crippen LogP contribution in [0.15, 0.2) is 11.6 Å². The van der Waals surface area contributed by atoms with Gasteiger partial charge in [0.05, 0.1) is 0 Å². The minimum absolute atomic E-state index is 0.723. The summed E-state index contributed by atoms with van der Waals surface area (Å²) in [5.74, 6) is 3.85. The van der Waals surface area contributed by atoms with E-state index in [4.69, 9.17) is 0 Å². The molecule has 0 spiro atoms. The number of allylic oxidation sites excluding steroid dienone is 1. The molecule has 1 aliphatic heterocycles. The van der Waals surface area contributed by atoms with Crippen molar-refractivity contribution in [2.75, 3.05) is 13.1 Å². The van der Waals surface area contributed by atoms with Gasteiger partial charge in [-0.15, -0.1) is 0 Å². The predicted octanol–water partition coefficient (Wildman–Crippen LogP) is 4.54. The fraction of sp³-hybridized carbons (Fsp3) is 0.895. The molecule has 2 saturated carbocycles. The molecule has 1 saturated heterocycles. The van der Waals surface area contributed by atoms with Gasteiger partial charge in [-0.3, -0.25) is 0 Å². The first-order valence-electron chi connectivity index (χ1n) is 9.17. The van der Waals surface area contributed by atoms with E-state index >= 15 is 0 Å². The minimum Gasteiger partial charge on any atom is -0.316 e. The maximum Gasteiger partial charge on any atom is 0.00202 e. The Morgan fingerprint density at radius 2 is 2.00 bits per heavy atom. The quantitative estimate of drug-likeness (QED) is 0.728. The van der Waals surface area contributed by atoms with Gasteiger partial charge in [-0.25, -0.2) is 0 Å². The van der Waals surface area contributed by atoms with Crippen LogP contribution in [0.3, 0.4) is 0 Å². The molecule has 20 heavy (non-hydrogen) atoms. The molecule has 3 unspecified atom stereocenters. The summed E-state index contributed by atoms with van der Waals surface area (Å²) in [5.41, 5.74) is 2.61. The number of rotatable bonds is 2. The standard InChI is InChI=1S/C19H31N/c1-19(9-4-10-19)16-7-2-5-14(11-16)17-8-3-6-15-12-20-13-18(15)17/h8,14-16,18,20H,2-7,9-13H2,1H3/t14?,15-,16?,18?/m1/s1. The van der Waals surface area contributed by atoms with E-state index in [-0.39, 0.29) is 0 Å². The summed E-state index contributed by atoms with van der Waals surface area (Å²) in [6, 6.07) is 0. The zero-order chi connectivity index (χ0) is 13.6. The Balaban J connectivity index is 1.49. The summed E-state index contributed by atoms with van der Waals surface area (Å²) < 4.78 is 0. The van der Waals surface area contributed by atoms with Gasteiger partial charge in [-0.05, 0) is 80.6 Å². The maximum atomic E-state index is 3.66. The lowest BCUT2D eigenvalue weighted by atomic mass is 9.56. The van der Waals surface area contributed by atoms with Crippen LogP contribution in [0.2, 0.25) is 0 Å². The third kappa shape index (κ3) is 2.17. The molecule has 4 rings (SSSR count). The van der Waals surface area contributed by atoms with Gasteiger partial charge in [0.2, 0.25) is 0 Å². The van der Waals surface area contributed by atoms with Gasteiger partial charge in [0.15, 0.2) is 0 Å². The van der Waals surface area contributed by atoms with E-state index in [1.54, 1.807) is 0 Å². The van der Waals surface area contributed by atoms with Crippen LogP contribution in [0.5, 0.6) is 0 Å². The Hall–Kier alpha value is -0.300. The molecule has 1 N–H and O–H groups in total. The molecule has 0 aromatic rings. The molecule has 0 amide bonds. The highest BCUT2D eigenvalue weighted by atomic mass is 14.9. The molecule has 0 radical (unpaired) electrons. The first kappa shape index (κ1) is 13.4. The fourth-order valence-electron chi connectivity index (χ4n) is 5.78. The second kappa shape index (κ2) is 5.16. The smallest absolute Gasteiger partial charge is 0.00202 e. The van der Waals surface area contributed by atoms with E-state index in [1.165, 1.54) is 70.9 Å². The molecule has 0 aromatic carbocycles. The molecule has 112 valence electrons. The summed E-state index contributed by atoms with van der Waals surface area (Å²) in [6.45, 7) is 5.14. The van der Waals surface area contributed by atoms with E-state index in [9.17, 15) is 0 Å². The number of hydrogen-bond donors (Lipinski definition) is 1. The van der Waals surface area contributed by atoms with Crippen molar-refractivity contribution in [3.8, 4) is 0 Å². The number of hydrogen-bond acceptors (Lipinski definition) is 1. The van der Waals surface area contributed by atoms with Gasteiger partial charge in [0, 0.05) is 6.54 Å². The molecule has 3 aliphatic carbocycles. The Morgan fingerprint density at radius 3 is 2.80 bits per heavy atom. The monoisotopic (exact) mass is 273 g/mol. The van der Waals surface area contributed by atoms with Crippen LogP contribution in [-0.4, -0.2) is 13.1 Å². The Labute approximate surface area is 124 Å². The molecule has 1 heteroatoms. The third-order valence-corrected chi connectivity index (χ3v) is 7.31. The normalized spacial score (nSPS) is 43.5. The predicted molar refractivity (Wildman–Crippen MR) is 84.6 cm³/mol. The average molecular weight is 273 g/mol.